The van der Waals surface area contributed by atoms with Crippen LogP contribution < -0.4 is 4.74 Å². The van der Waals surface area contributed by atoms with Crippen molar-refractivity contribution in [3.05, 3.63) is 23.2 Å². The van der Waals surface area contributed by atoms with E-state index < -0.39 is 33.3 Å². The zero-order chi connectivity index (χ0) is 15.5. The maximum atomic E-state index is 12.3. The number of hydrogen-bond acceptors (Lipinski definition) is 4. The molecular formula is C11H10ClF3O4S. The molecule has 0 N–H and O–H groups in total. The van der Waals surface area contributed by atoms with Gasteiger partial charge in [0.15, 0.2) is 16.9 Å². The Balaban J connectivity index is 2.95. The van der Waals surface area contributed by atoms with Gasteiger partial charge >= 0.3 is 11.5 Å². The van der Waals surface area contributed by atoms with E-state index in [0.717, 1.165) is 18.2 Å². The van der Waals surface area contributed by atoms with E-state index >= 15 is 0 Å². The molecule has 0 radical (unpaired) electrons. The second-order valence-corrected chi connectivity index (χ2v) is 5.47. The summed E-state index contributed by atoms with van der Waals surface area (Å²) in [5.41, 5.74) is -4.87. The molecule has 0 fully saturated rings. The zero-order valence-electron chi connectivity index (χ0n) is 10.4. The first-order valence-electron chi connectivity index (χ1n) is 5.19. The van der Waals surface area contributed by atoms with Gasteiger partial charge < -0.3 is 9.47 Å². The Hall–Kier alpha value is -1.28. The number of hydrogen-bond donors (Lipinski definition) is 0. The third kappa shape index (κ3) is 4.11. The fraction of sp³-hybridized carbons (Fsp3) is 0.364. The summed E-state index contributed by atoms with van der Waals surface area (Å²) in [6.07, 6.45) is -0.975. The summed E-state index contributed by atoms with van der Waals surface area (Å²) < 4.78 is 57.6. The van der Waals surface area contributed by atoms with Crippen LogP contribution in [0.15, 0.2) is 23.1 Å². The first kappa shape index (κ1) is 16.8. The molecule has 0 aliphatic heterocycles. The number of halogens is 4. The lowest BCUT2D eigenvalue weighted by molar-refractivity contribution is -0.147. The van der Waals surface area contributed by atoms with Gasteiger partial charge in [0.1, 0.15) is 5.75 Å². The van der Waals surface area contributed by atoms with Crippen LogP contribution in [0.4, 0.5) is 13.2 Å². The summed E-state index contributed by atoms with van der Waals surface area (Å²) >= 11 is 5.74. The summed E-state index contributed by atoms with van der Waals surface area (Å²) in [6.45, 7) is 1.39. The molecule has 0 bridgehead atoms. The highest BCUT2D eigenvalue weighted by molar-refractivity contribution is 7.86. The van der Waals surface area contributed by atoms with Gasteiger partial charge in [-0.1, -0.05) is 11.6 Å². The predicted molar refractivity (Wildman–Crippen MR) is 66.0 cm³/mol. The third-order valence-corrected chi connectivity index (χ3v) is 3.56. The molecule has 0 saturated heterocycles. The Kier molecular flexibility index (Phi) is 5.41. The maximum Gasteiger partial charge on any atom is 0.475 e. The largest absolute Gasteiger partial charge is 0.477 e. The summed E-state index contributed by atoms with van der Waals surface area (Å²) in [5.74, 6) is -0.670. The molecule has 0 heterocycles. The van der Waals surface area contributed by atoms with Crippen LogP contribution in [0.2, 0.25) is 5.02 Å². The zero-order valence-corrected chi connectivity index (χ0v) is 11.9. The Morgan fingerprint density at radius 3 is 2.45 bits per heavy atom. The van der Waals surface area contributed by atoms with E-state index in [0.29, 0.717) is 0 Å². The molecule has 0 aromatic heterocycles. The van der Waals surface area contributed by atoms with E-state index in [9.17, 15) is 22.2 Å². The molecule has 4 nitrogen and oxygen atoms in total. The highest BCUT2D eigenvalue weighted by Crippen LogP contribution is 2.32. The third-order valence-electron chi connectivity index (χ3n) is 2.16. The van der Waals surface area contributed by atoms with Crippen LogP contribution in [0.3, 0.4) is 0 Å². The Bertz CT molecular complexity index is 533. The van der Waals surface area contributed by atoms with Gasteiger partial charge in [0, 0.05) is 4.90 Å². The second-order valence-electron chi connectivity index (χ2n) is 3.59. The summed E-state index contributed by atoms with van der Waals surface area (Å²) in [6, 6.07) is 2.96. The average molecular weight is 331 g/mol. The van der Waals surface area contributed by atoms with Crippen molar-refractivity contribution in [1.82, 2.24) is 0 Å². The monoisotopic (exact) mass is 330 g/mol. The van der Waals surface area contributed by atoms with Crippen LogP contribution in [0.5, 0.6) is 5.75 Å². The normalized spacial score (nSPS) is 14.5. The molecular weight excluding hydrogens is 321 g/mol. The fourth-order valence-electron chi connectivity index (χ4n) is 1.23. The first-order valence-corrected chi connectivity index (χ1v) is 6.72. The molecule has 1 aromatic rings. The fourth-order valence-corrected chi connectivity index (χ4v) is 2.20. The SMILES string of the molecule is COC(=O)C(C)Oc1ccc(S(=O)C(F)(F)F)cc1Cl. The highest BCUT2D eigenvalue weighted by Gasteiger charge is 2.38. The minimum Gasteiger partial charge on any atom is -0.477 e. The first-order chi connectivity index (χ1) is 9.16. The molecule has 0 spiro atoms. The molecule has 20 heavy (non-hydrogen) atoms. The number of carbonyl (C=O) groups is 1. The van der Waals surface area contributed by atoms with Crippen molar-refractivity contribution in [2.45, 2.75) is 23.4 Å². The lowest BCUT2D eigenvalue weighted by atomic mass is 10.3. The van der Waals surface area contributed by atoms with Crippen molar-refractivity contribution >= 4 is 28.4 Å². The smallest absolute Gasteiger partial charge is 0.475 e. The molecule has 0 aliphatic carbocycles. The lowest BCUT2D eigenvalue weighted by Crippen LogP contribution is -2.25. The van der Waals surface area contributed by atoms with Crippen molar-refractivity contribution in [2.75, 3.05) is 7.11 Å². The van der Waals surface area contributed by atoms with Crippen LogP contribution in [-0.4, -0.2) is 28.9 Å². The van der Waals surface area contributed by atoms with E-state index in [-0.39, 0.29) is 10.8 Å². The average Bonchev–Trinajstić information content (AvgIpc) is 2.38. The molecule has 2 unspecified atom stereocenters. The standard InChI is InChI=1S/C11H10ClF3O4S/c1-6(10(16)18-2)19-9-4-3-7(5-8(9)12)20(17)11(13,14)15/h3-6H,1-2H3. The van der Waals surface area contributed by atoms with Gasteiger partial charge in [-0.05, 0) is 25.1 Å². The summed E-state index contributed by atoms with van der Waals surface area (Å²) in [5, 5.41) is -0.184. The Morgan fingerprint density at radius 1 is 1.40 bits per heavy atom. The minimum absolute atomic E-state index is 0.00695. The molecule has 1 rings (SSSR count). The van der Waals surface area contributed by atoms with Gasteiger partial charge in [-0.2, -0.15) is 13.2 Å². The van der Waals surface area contributed by atoms with E-state index in [2.05, 4.69) is 4.74 Å². The van der Waals surface area contributed by atoms with E-state index in [1.807, 2.05) is 0 Å². The number of esters is 1. The van der Waals surface area contributed by atoms with Crippen molar-refractivity contribution in [3.8, 4) is 5.75 Å². The van der Waals surface area contributed by atoms with Crippen LogP contribution >= 0.6 is 11.6 Å². The molecule has 0 aliphatic rings. The van der Waals surface area contributed by atoms with Crippen LogP contribution in [0.1, 0.15) is 6.92 Å². The molecule has 0 amide bonds. The number of rotatable bonds is 4. The van der Waals surface area contributed by atoms with Crippen molar-refractivity contribution in [3.63, 3.8) is 0 Å². The van der Waals surface area contributed by atoms with E-state index in [1.54, 1.807) is 0 Å². The van der Waals surface area contributed by atoms with E-state index in [1.165, 1.54) is 14.0 Å². The molecule has 2 atom stereocenters. The molecule has 9 heteroatoms. The number of methoxy groups -OCH3 is 1. The minimum atomic E-state index is -4.87. The van der Waals surface area contributed by atoms with Crippen LogP contribution in [-0.2, 0) is 20.3 Å². The van der Waals surface area contributed by atoms with Gasteiger partial charge in [-0.3, -0.25) is 0 Å². The van der Waals surface area contributed by atoms with Crippen molar-refractivity contribution in [2.24, 2.45) is 0 Å². The van der Waals surface area contributed by atoms with Gasteiger partial charge in [0.2, 0.25) is 0 Å². The topological polar surface area (TPSA) is 52.6 Å². The number of ether oxygens (including phenoxy) is 2. The number of alkyl halides is 3. The van der Waals surface area contributed by atoms with E-state index in [4.69, 9.17) is 16.3 Å². The molecule has 112 valence electrons. The van der Waals surface area contributed by atoms with Gasteiger partial charge in [-0.15, -0.1) is 0 Å². The Labute approximate surface area is 120 Å². The number of benzene rings is 1. The quantitative estimate of drug-likeness (QED) is 0.797. The van der Waals surface area contributed by atoms with Crippen LogP contribution in [0.25, 0.3) is 0 Å². The Morgan fingerprint density at radius 2 is 2.00 bits per heavy atom. The number of carbonyl (C=O) groups excluding carboxylic acids is 1. The highest BCUT2D eigenvalue weighted by atomic mass is 35.5. The summed E-state index contributed by atoms with van der Waals surface area (Å²) in [7, 11) is -2.01. The summed E-state index contributed by atoms with van der Waals surface area (Å²) in [4.78, 5) is 10.6. The predicted octanol–water partition coefficient (Wildman–Crippen LogP) is 2.91. The maximum absolute atomic E-state index is 12.3. The van der Waals surface area contributed by atoms with Crippen LogP contribution in [0, 0.1) is 0 Å². The van der Waals surface area contributed by atoms with Crippen molar-refractivity contribution < 1.29 is 31.6 Å². The molecule has 1 aromatic carbocycles. The second kappa shape index (κ2) is 6.45. The molecule has 0 saturated carbocycles. The van der Waals surface area contributed by atoms with Crippen molar-refractivity contribution in [1.29, 1.82) is 0 Å². The lowest BCUT2D eigenvalue weighted by Gasteiger charge is -2.14. The van der Waals surface area contributed by atoms with Gasteiger partial charge in [0.05, 0.1) is 12.1 Å². The van der Waals surface area contributed by atoms with Gasteiger partial charge in [-0.25, -0.2) is 9.00 Å². The van der Waals surface area contributed by atoms with Gasteiger partial charge in [0.25, 0.3) is 0 Å².